The van der Waals surface area contributed by atoms with Gasteiger partial charge in [-0.3, -0.25) is 14.5 Å². The van der Waals surface area contributed by atoms with Crippen molar-refractivity contribution in [2.75, 3.05) is 26.2 Å². The molecule has 0 saturated carbocycles. The molecular formula is C23H22FN3O2S. The van der Waals surface area contributed by atoms with Gasteiger partial charge in [-0.25, -0.2) is 4.39 Å². The molecule has 0 unspecified atom stereocenters. The number of thiophene rings is 1. The summed E-state index contributed by atoms with van der Waals surface area (Å²) in [6, 6.07) is 17.3. The van der Waals surface area contributed by atoms with Crippen molar-refractivity contribution >= 4 is 23.2 Å². The second-order valence-corrected chi connectivity index (χ2v) is 8.46. The van der Waals surface area contributed by atoms with Crippen molar-refractivity contribution in [2.24, 2.45) is 5.73 Å². The predicted octanol–water partition coefficient (Wildman–Crippen LogP) is 3.61. The van der Waals surface area contributed by atoms with E-state index < -0.39 is 5.91 Å². The first-order valence-corrected chi connectivity index (χ1v) is 10.6. The molecule has 2 heterocycles. The summed E-state index contributed by atoms with van der Waals surface area (Å²) in [6.45, 7) is 3.60. The smallest absolute Gasteiger partial charge is 0.253 e. The molecule has 2 N–H and O–H groups in total. The lowest BCUT2D eigenvalue weighted by Gasteiger charge is -2.34. The summed E-state index contributed by atoms with van der Waals surface area (Å²) >= 11 is 1.66. The Morgan fingerprint density at radius 3 is 2.40 bits per heavy atom. The Balaban J connectivity index is 1.34. The molecule has 7 heteroatoms. The van der Waals surface area contributed by atoms with Crippen molar-refractivity contribution < 1.29 is 14.0 Å². The van der Waals surface area contributed by atoms with Crippen LogP contribution in [0.5, 0.6) is 0 Å². The van der Waals surface area contributed by atoms with Gasteiger partial charge in [-0.05, 0) is 48.0 Å². The molecule has 0 aliphatic carbocycles. The van der Waals surface area contributed by atoms with Crippen LogP contribution in [0.2, 0.25) is 0 Å². The van der Waals surface area contributed by atoms with E-state index in [2.05, 4.69) is 11.0 Å². The van der Waals surface area contributed by atoms with E-state index in [1.54, 1.807) is 47.7 Å². The van der Waals surface area contributed by atoms with Crippen LogP contribution in [0.1, 0.15) is 25.6 Å². The second-order valence-electron chi connectivity index (χ2n) is 7.29. The van der Waals surface area contributed by atoms with Crippen LogP contribution in [0, 0.1) is 5.82 Å². The van der Waals surface area contributed by atoms with Crippen LogP contribution < -0.4 is 5.73 Å². The Bertz CT molecular complexity index is 1070. The third-order valence-electron chi connectivity index (χ3n) is 5.20. The maximum absolute atomic E-state index is 13.5. The number of nitrogens with zero attached hydrogens (tertiary/aromatic N) is 2. The van der Waals surface area contributed by atoms with Crippen molar-refractivity contribution in [3.8, 4) is 10.4 Å². The van der Waals surface area contributed by atoms with Gasteiger partial charge in [-0.2, -0.15) is 0 Å². The summed E-state index contributed by atoms with van der Waals surface area (Å²) in [5.41, 5.74) is 7.02. The highest BCUT2D eigenvalue weighted by atomic mass is 32.1. The highest BCUT2D eigenvalue weighted by Crippen LogP contribution is 2.29. The van der Waals surface area contributed by atoms with E-state index in [1.165, 1.54) is 10.9 Å². The first-order chi connectivity index (χ1) is 14.5. The molecule has 30 heavy (non-hydrogen) atoms. The number of piperazine rings is 1. The normalized spacial score (nSPS) is 14.6. The summed E-state index contributed by atoms with van der Waals surface area (Å²) in [5, 5.41) is 0. The summed E-state index contributed by atoms with van der Waals surface area (Å²) in [6.07, 6.45) is 0. The van der Waals surface area contributed by atoms with E-state index in [9.17, 15) is 14.0 Å². The number of hydrogen-bond donors (Lipinski definition) is 1. The van der Waals surface area contributed by atoms with Gasteiger partial charge >= 0.3 is 0 Å². The quantitative estimate of drug-likeness (QED) is 0.682. The highest BCUT2D eigenvalue weighted by Gasteiger charge is 2.23. The zero-order valence-electron chi connectivity index (χ0n) is 16.4. The van der Waals surface area contributed by atoms with E-state index >= 15 is 0 Å². The summed E-state index contributed by atoms with van der Waals surface area (Å²) in [4.78, 5) is 30.5. The van der Waals surface area contributed by atoms with E-state index in [1.807, 2.05) is 17.0 Å². The average molecular weight is 424 g/mol. The Morgan fingerprint density at radius 1 is 0.933 bits per heavy atom. The van der Waals surface area contributed by atoms with Gasteiger partial charge in [0.2, 0.25) is 5.91 Å². The molecule has 0 spiro atoms. The van der Waals surface area contributed by atoms with E-state index in [-0.39, 0.29) is 11.7 Å². The molecule has 3 aromatic rings. The molecule has 4 rings (SSSR count). The van der Waals surface area contributed by atoms with Gasteiger partial charge in [-0.1, -0.05) is 18.2 Å². The largest absolute Gasteiger partial charge is 0.366 e. The predicted molar refractivity (Wildman–Crippen MR) is 116 cm³/mol. The standard InChI is InChI=1S/C23H22FN3O2S/c24-19-6-2-3-16(14-19)21-8-7-20(30-21)15-26-9-11-27(12-10-26)23(29)18-5-1-4-17(13-18)22(25)28/h1-8,13-14H,9-12,15H2,(H2,25,28). The lowest BCUT2D eigenvalue weighted by atomic mass is 10.1. The highest BCUT2D eigenvalue weighted by molar-refractivity contribution is 7.15. The van der Waals surface area contributed by atoms with Gasteiger partial charge < -0.3 is 10.6 Å². The first kappa shape index (κ1) is 20.3. The van der Waals surface area contributed by atoms with E-state index in [0.29, 0.717) is 24.2 Å². The van der Waals surface area contributed by atoms with Crippen molar-refractivity contribution in [3.63, 3.8) is 0 Å². The van der Waals surface area contributed by atoms with Crippen molar-refractivity contribution in [1.29, 1.82) is 0 Å². The van der Waals surface area contributed by atoms with E-state index in [4.69, 9.17) is 5.73 Å². The molecule has 1 saturated heterocycles. The Hall–Kier alpha value is -3.03. The molecule has 1 fully saturated rings. The SMILES string of the molecule is NC(=O)c1cccc(C(=O)N2CCN(Cc3ccc(-c4cccc(F)c4)s3)CC2)c1. The fourth-order valence-corrected chi connectivity index (χ4v) is 4.62. The lowest BCUT2D eigenvalue weighted by molar-refractivity contribution is 0.0629. The van der Waals surface area contributed by atoms with Crippen LogP contribution >= 0.6 is 11.3 Å². The molecule has 1 aliphatic heterocycles. The average Bonchev–Trinajstić information content (AvgIpc) is 3.22. The molecule has 1 aromatic heterocycles. The third kappa shape index (κ3) is 4.58. The Labute approximate surface area is 178 Å². The molecule has 2 amide bonds. The zero-order valence-corrected chi connectivity index (χ0v) is 17.2. The first-order valence-electron chi connectivity index (χ1n) is 9.76. The molecule has 5 nitrogen and oxygen atoms in total. The maximum atomic E-state index is 13.5. The number of carbonyl (C=O) groups is 2. The van der Waals surface area contributed by atoms with Gasteiger partial charge in [-0.15, -0.1) is 11.3 Å². The van der Waals surface area contributed by atoms with Crippen molar-refractivity contribution in [1.82, 2.24) is 9.80 Å². The molecule has 0 atom stereocenters. The minimum atomic E-state index is -0.539. The van der Waals surface area contributed by atoms with Crippen LogP contribution in [-0.2, 0) is 6.54 Å². The molecule has 2 aromatic carbocycles. The zero-order chi connectivity index (χ0) is 21.1. The minimum absolute atomic E-state index is 0.0812. The van der Waals surface area contributed by atoms with Crippen LogP contribution in [0.4, 0.5) is 4.39 Å². The Kier molecular flexibility index (Phi) is 5.92. The second kappa shape index (κ2) is 8.77. The number of benzene rings is 2. The molecule has 0 bridgehead atoms. The summed E-state index contributed by atoms with van der Waals surface area (Å²) in [7, 11) is 0. The van der Waals surface area contributed by atoms with Crippen LogP contribution in [-0.4, -0.2) is 47.8 Å². The monoisotopic (exact) mass is 423 g/mol. The summed E-state index contributed by atoms with van der Waals surface area (Å²) in [5.74, 6) is -0.852. The fraction of sp³-hybridized carbons (Fsp3) is 0.217. The number of amides is 2. The number of primary amides is 1. The van der Waals surface area contributed by atoms with Crippen molar-refractivity contribution in [2.45, 2.75) is 6.54 Å². The van der Waals surface area contributed by atoms with E-state index in [0.717, 1.165) is 30.1 Å². The lowest BCUT2D eigenvalue weighted by Crippen LogP contribution is -2.48. The summed E-state index contributed by atoms with van der Waals surface area (Å²) < 4.78 is 13.5. The van der Waals surface area contributed by atoms with Gasteiger partial charge in [0, 0.05) is 53.6 Å². The number of carbonyl (C=O) groups excluding carboxylic acids is 2. The topological polar surface area (TPSA) is 66.6 Å². The third-order valence-corrected chi connectivity index (χ3v) is 6.32. The number of rotatable bonds is 5. The molecule has 154 valence electrons. The van der Waals surface area contributed by atoms with Gasteiger partial charge in [0.1, 0.15) is 5.82 Å². The number of nitrogens with two attached hydrogens (primary N) is 1. The van der Waals surface area contributed by atoms with Gasteiger partial charge in [0.05, 0.1) is 0 Å². The Morgan fingerprint density at radius 2 is 1.67 bits per heavy atom. The van der Waals surface area contributed by atoms with Gasteiger partial charge in [0.25, 0.3) is 5.91 Å². The number of hydrogen-bond acceptors (Lipinski definition) is 4. The van der Waals surface area contributed by atoms with Gasteiger partial charge in [0.15, 0.2) is 0 Å². The van der Waals surface area contributed by atoms with Crippen LogP contribution in [0.3, 0.4) is 0 Å². The maximum Gasteiger partial charge on any atom is 0.253 e. The minimum Gasteiger partial charge on any atom is -0.366 e. The van der Waals surface area contributed by atoms with Crippen LogP contribution in [0.15, 0.2) is 60.7 Å². The number of halogens is 1. The van der Waals surface area contributed by atoms with Crippen LogP contribution in [0.25, 0.3) is 10.4 Å². The molecule has 1 aliphatic rings. The fourth-order valence-electron chi connectivity index (χ4n) is 3.58. The van der Waals surface area contributed by atoms with Crippen molar-refractivity contribution in [3.05, 3.63) is 82.5 Å². The molecule has 0 radical (unpaired) electrons. The molecular weight excluding hydrogens is 401 g/mol.